The van der Waals surface area contributed by atoms with Crippen LogP contribution >= 0.6 is 67.8 Å². The van der Waals surface area contributed by atoms with Crippen LogP contribution in [0.3, 0.4) is 0 Å². The Balaban J connectivity index is 3.72. The first-order chi connectivity index (χ1) is 7.93. The lowest BCUT2D eigenvalue weighted by Gasteiger charge is -2.22. The lowest BCUT2D eigenvalue weighted by atomic mass is 10.1. The van der Waals surface area contributed by atoms with Crippen LogP contribution in [0.25, 0.3) is 0 Å². The zero-order chi connectivity index (χ0) is 14.5. The molecule has 0 amide bonds. The van der Waals surface area contributed by atoms with Crippen LogP contribution in [0.15, 0.2) is 0 Å². The molecular formula is C8F7I3. The number of hydrogen-bond acceptors (Lipinski definition) is 0. The number of hydrogen-bond donors (Lipinski definition) is 0. The molecule has 0 nitrogen and oxygen atoms in total. The van der Waals surface area contributed by atoms with E-state index < -0.39 is 36.4 Å². The van der Waals surface area contributed by atoms with Crippen molar-refractivity contribution in [3.63, 3.8) is 0 Å². The summed E-state index contributed by atoms with van der Waals surface area (Å²) in [5.74, 6) is -9.36. The maximum Gasteiger partial charge on any atom is 0.458 e. The van der Waals surface area contributed by atoms with Crippen LogP contribution in [0.1, 0.15) is 5.56 Å². The number of benzene rings is 1. The highest BCUT2D eigenvalue weighted by molar-refractivity contribution is 14.1. The van der Waals surface area contributed by atoms with E-state index in [9.17, 15) is 30.7 Å². The predicted molar refractivity (Wildman–Crippen MR) is 74.5 cm³/mol. The van der Waals surface area contributed by atoms with Crippen molar-refractivity contribution >= 4 is 67.8 Å². The molecule has 0 aliphatic heterocycles. The molecule has 0 atom stereocenters. The number of halogens is 10. The molecule has 1 aromatic carbocycles. The molecule has 1 rings (SSSR count). The Morgan fingerprint density at radius 2 is 1.00 bits per heavy atom. The molecular weight excluding hydrogens is 610 g/mol. The van der Waals surface area contributed by atoms with Gasteiger partial charge in [0.1, 0.15) is 17.2 Å². The molecule has 0 saturated heterocycles. The topological polar surface area (TPSA) is 0 Å². The van der Waals surface area contributed by atoms with Crippen molar-refractivity contribution < 1.29 is 30.7 Å². The van der Waals surface area contributed by atoms with Crippen molar-refractivity contribution in [1.82, 2.24) is 0 Å². The maximum atomic E-state index is 13.5. The third kappa shape index (κ3) is 2.69. The van der Waals surface area contributed by atoms with Crippen molar-refractivity contribution in [1.29, 1.82) is 0 Å². The van der Waals surface area contributed by atoms with Crippen molar-refractivity contribution in [2.75, 3.05) is 0 Å². The molecule has 0 heterocycles. The second-order valence-electron chi connectivity index (χ2n) is 3.02. The minimum Gasteiger partial charge on any atom is -0.205 e. The van der Waals surface area contributed by atoms with Crippen LogP contribution in [-0.2, 0) is 5.92 Å². The Morgan fingerprint density at radius 3 is 1.28 bits per heavy atom. The van der Waals surface area contributed by atoms with Gasteiger partial charge in [0.05, 0.1) is 7.14 Å². The van der Waals surface area contributed by atoms with Gasteiger partial charge in [0, 0.05) is 3.57 Å². The van der Waals surface area contributed by atoms with Gasteiger partial charge in [-0.05, 0) is 67.8 Å². The summed E-state index contributed by atoms with van der Waals surface area (Å²) in [6, 6.07) is 0. The van der Waals surface area contributed by atoms with Crippen LogP contribution in [0.4, 0.5) is 30.7 Å². The second kappa shape index (κ2) is 5.37. The highest BCUT2D eigenvalue weighted by Gasteiger charge is 2.61. The standard InChI is InChI=1S/C8F7I3/c9-2-1(7(11,12)8(13,14)15)3(10)5(17)6(18)4(2)16. The summed E-state index contributed by atoms with van der Waals surface area (Å²) in [5.41, 5.74) is -2.26. The van der Waals surface area contributed by atoms with Gasteiger partial charge in [-0.3, -0.25) is 0 Å². The maximum absolute atomic E-state index is 13.5. The zero-order valence-electron chi connectivity index (χ0n) is 7.78. The fourth-order valence-electron chi connectivity index (χ4n) is 1.02. The largest absolute Gasteiger partial charge is 0.458 e. The van der Waals surface area contributed by atoms with Crippen LogP contribution in [0.5, 0.6) is 0 Å². The molecule has 0 unspecified atom stereocenters. The van der Waals surface area contributed by atoms with Crippen molar-refractivity contribution in [3.05, 3.63) is 27.9 Å². The molecule has 0 aromatic heterocycles. The molecule has 0 saturated carbocycles. The van der Waals surface area contributed by atoms with Crippen molar-refractivity contribution in [2.24, 2.45) is 0 Å². The van der Waals surface area contributed by atoms with E-state index in [2.05, 4.69) is 0 Å². The summed E-state index contributed by atoms with van der Waals surface area (Å²) in [5, 5.41) is 0. The lowest BCUT2D eigenvalue weighted by Crippen LogP contribution is -2.36. The van der Waals surface area contributed by atoms with Crippen molar-refractivity contribution in [2.45, 2.75) is 12.1 Å². The molecule has 0 aliphatic rings. The third-order valence-corrected chi connectivity index (χ3v) is 7.05. The van der Waals surface area contributed by atoms with Gasteiger partial charge in [0.15, 0.2) is 0 Å². The Bertz CT molecular complexity index is 465. The Labute approximate surface area is 137 Å². The van der Waals surface area contributed by atoms with Gasteiger partial charge < -0.3 is 0 Å². The predicted octanol–water partition coefficient (Wildman–Crippen LogP) is 5.43. The fraction of sp³-hybridized carbons (Fsp3) is 0.250. The van der Waals surface area contributed by atoms with Gasteiger partial charge in [-0.25, -0.2) is 8.78 Å². The lowest BCUT2D eigenvalue weighted by molar-refractivity contribution is -0.291. The molecule has 0 fully saturated rings. The summed E-state index contributed by atoms with van der Waals surface area (Å²) in [6.45, 7) is 0. The Morgan fingerprint density at radius 1 is 0.667 bits per heavy atom. The van der Waals surface area contributed by atoms with Crippen LogP contribution in [0, 0.1) is 22.3 Å². The van der Waals surface area contributed by atoms with Gasteiger partial charge in [-0.15, -0.1) is 0 Å². The van der Waals surface area contributed by atoms with E-state index in [0.717, 1.165) is 0 Å². The average molecular weight is 610 g/mol. The van der Waals surface area contributed by atoms with Crippen LogP contribution in [-0.4, -0.2) is 6.18 Å². The van der Waals surface area contributed by atoms with Crippen molar-refractivity contribution in [3.8, 4) is 0 Å². The van der Waals surface area contributed by atoms with Gasteiger partial charge in [0.2, 0.25) is 0 Å². The minimum atomic E-state index is -6.06. The molecule has 102 valence electrons. The molecule has 1 aromatic rings. The minimum absolute atomic E-state index is 0.0504. The Kier molecular flexibility index (Phi) is 5.06. The first-order valence-electron chi connectivity index (χ1n) is 3.89. The van der Waals surface area contributed by atoms with E-state index in [1.165, 1.54) is 67.8 Å². The summed E-state index contributed by atoms with van der Waals surface area (Å²) < 4.78 is 88.6. The smallest absolute Gasteiger partial charge is 0.205 e. The monoisotopic (exact) mass is 610 g/mol. The van der Waals surface area contributed by atoms with E-state index in [1.54, 1.807) is 0 Å². The van der Waals surface area contributed by atoms with E-state index in [0.29, 0.717) is 0 Å². The molecule has 0 bridgehead atoms. The summed E-state index contributed by atoms with van der Waals surface area (Å²) in [4.78, 5) is 0. The fourth-order valence-corrected chi connectivity index (χ4v) is 3.09. The highest BCUT2D eigenvalue weighted by atomic mass is 127. The van der Waals surface area contributed by atoms with E-state index >= 15 is 0 Å². The van der Waals surface area contributed by atoms with Gasteiger partial charge in [0.25, 0.3) is 0 Å². The normalized spacial score (nSPS) is 13.0. The molecule has 18 heavy (non-hydrogen) atoms. The van der Waals surface area contributed by atoms with Gasteiger partial charge in [-0.1, -0.05) is 0 Å². The third-order valence-electron chi connectivity index (χ3n) is 1.88. The SMILES string of the molecule is Fc1c(I)c(I)c(I)c(F)c1C(F)(F)C(F)(F)F. The first kappa shape index (κ1) is 17.0. The van der Waals surface area contributed by atoms with Crippen LogP contribution in [0.2, 0.25) is 0 Å². The van der Waals surface area contributed by atoms with Gasteiger partial charge >= 0.3 is 12.1 Å². The highest BCUT2D eigenvalue weighted by Crippen LogP contribution is 2.47. The molecule has 0 radical (unpaired) electrons. The summed E-state index contributed by atoms with van der Waals surface area (Å²) in [6.07, 6.45) is -6.06. The second-order valence-corrected chi connectivity index (χ2v) is 6.25. The zero-order valence-corrected chi connectivity index (χ0v) is 14.3. The van der Waals surface area contributed by atoms with E-state index in [4.69, 9.17) is 0 Å². The molecule has 0 N–H and O–H groups in total. The summed E-state index contributed by atoms with van der Waals surface area (Å²) >= 11 is 3.97. The number of alkyl halides is 5. The molecule has 0 aliphatic carbocycles. The summed E-state index contributed by atoms with van der Waals surface area (Å²) in [7, 11) is 0. The average Bonchev–Trinajstić information content (AvgIpc) is 2.22. The first-order valence-corrected chi connectivity index (χ1v) is 7.13. The Hall–Kier alpha value is 0.920. The van der Waals surface area contributed by atoms with E-state index in [1.807, 2.05) is 0 Å². The van der Waals surface area contributed by atoms with Crippen LogP contribution < -0.4 is 0 Å². The molecule has 10 heteroatoms. The van der Waals surface area contributed by atoms with Gasteiger partial charge in [-0.2, -0.15) is 22.0 Å². The molecule has 0 spiro atoms. The quantitative estimate of drug-likeness (QED) is 0.172. The van der Waals surface area contributed by atoms with E-state index in [-0.39, 0.29) is 3.57 Å². The number of rotatable bonds is 1.